The fraction of sp³-hybridized carbons (Fsp3) is 0.500. The summed E-state index contributed by atoms with van der Waals surface area (Å²) in [6.07, 6.45) is 1.59. The molecular formula is C26H33N3O4. The Balaban J connectivity index is 1.35. The maximum atomic E-state index is 13.3. The quantitative estimate of drug-likeness (QED) is 0.732. The van der Waals surface area contributed by atoms with Gasteiger partial charge < -0.3 is 19.9 Å². The van der Waals surface area contributed by atoms with Crippen LogP contribution in [-0.2, 0) is 25.5 Å². The average molecular weight is 452 g/mol. The highest BCUT2D eigenvalue weighted by atomic mass is 16.5. The van der Waals surface area contributed by atoms with Crippen LogP contribution in [0.1, 0.15) is 32.3 Å². The Bertz CT molecular complexity index is 1000. The topological polar surface area (TPSA) is 79.0 Å². The van der Waals surface area contributed by atoms with E-state index in [4.69, 9.17) is 4.74 Å². The zero-order valence-corrected chi connectivity index (χ0v) is 19.5. The zero-order chi connectivity index (χ0) is 23.4. The number of carbonyl (C=O) groups excluding carboxylic acids is 3. The highest BCUT2D eigenvalue weighted by molar-refractivity contribution is 5.92. The summed E-state index contributed by atoms with van der Waals surface area (Å²) in [5, 5.41) is 5.12. The van der Waals surface area contributed by atoms with Crippen molar-refractivity contribution in [3.8, 4) is 0 Å². The van der Waals surface area contributed by atoms with Gasteiger partial charge in [-0.15, -0.1) is 0 Å². The number of rotatable bonds is 6. The number of hydrogen-bond donors (Lipinski definition) is 1. The lowest BCUT2D eigenvalue weighted by Gasteiger charge is -2.38. The number of ether oxygens (including phenoxy) is 1. The minimum atomic E-state index is -0.590. The molecule has 7 nitrogen and oxygen atoms in total. The lowest BCUT2D eigenvalue weighted by molar-refractivity contribution is -0.147. The Morgan fingerprint density at radius 1 is 1.00 bits per heavy atom. The van der Waals surface area contributed by atoms with Crippen molar-refractivity contribution in [3.05, 3.63) is 48.0 Å². The summed E-state index contributed by atoms with van der Waals surface area (Å²) in [4.78, 5) is 42.3. The molecule has 7 heteroatoms. The van der Waals surface area contributed by atoms with Crippen molar-refractivity contribution < 1.29 is 19.1 Å². The molecule has 0 aromatic heterocycles. The van der Waals surface area contributed by atoms with Gasteiger partial charge in [-0.3, -0.25) is 14.4 Å². The van der Waals surface area contributed by atoms with Crippen molar-refractivity contribution >= 4 is 28.5 Å². The van der Waals surface area contributed by atoms with E-state index in [1.807, 2.05) is 56.3 Å². The highest BCUT2D eigenvalue weighted by Gasteiger charge is 2.34. The van der Waals surface area contributed by atoms with Crippen LogP contribution in [0.5, 0.6) is 0 Å². The molecule has 2 saturated heterocycles. The molecule has 2 aromatic carbocycles. The first-order chi connectivity index (χ1) is 15.9. The predicted molar refractivity (Wildman–Crippen MR) is 127 cm³/mol. The van der Waals surface area contributed by atoms with Crippen molar-refractivity contribution in [1.29, 1.82) is 0 Å². The first-order valence-corrected chi connectivity index (χ1v) is 11.9. The number of benzene rings is 2. The zero-order valence-electron chi connectivity index (χ0n) is 19.5. The van der Waals surface area contributed by atoms with E-state index in [-0.39, 0.29) is 36.2 Å². The molecule has 2 atom stereocenters. The van der Waals surface area contributed by atoms with Gasteiger partial charge >= 0.3 is 0 Å². The van der Waals surface area contributed by atoms with E-state index in [1.54, 1.807) is 9.80 Å². The van der Waals surface area contributed by atoms with Crippen molar-refractivity contribution in [2.45, 2.75) is 45.3 Å². The minimum absolute atomic E-state index is 0.0309. The molecule has 176 valence electrons. The summed E-state index contributed by atoms with van der Waals surface area (Å²) in [6.45, 7) is 6.47. The molecule has 2 fully saturated rings. The van der Waals surface area contributed by atoms with Crippen LogP contribution < -0.4 is 5.32 Å². The summed E-state index contributed by atoms with van der Waals surface area (Å²) in [5.41, 5.74) is 0.946. The Labute approximate surface area is 195 Å². The first-order valence-electron chi connectivity index (χ1n) is 11.9. The molecule has 0 unspecified atom stereocenters. The van der Waals surface area contributed by atoms with Crippen molar-refractivity contribution in [2.24, 2.45) is 5.92 Å². The molecule has 2 heterocycles. The van der Waals surface area contributed by atoms with Gasteiger partial charge in [-0.05, 0) is 35.1 Å². The van der Waals surface area contributed by atoms with Gasteiger partial charge in [0.2, 0.25) is 11.8 Å². The van der Waals surface area contributed by atoms with Crippen molar-refractivity contribution in [1.82, 2.24) is 15.1 Å². The van der Waals surface area contributed by atoms with Crippen LogP contribution in [0.2, 0.25) is 0 Å². The number of carbonyl (C=O) groups is 3. The van der Waals surface area contributed by atoms with Crippen LogP contribution >= 0.6 is 0 Å². The Morgan fingerprint density at radius 3 is 2.39 bits per heavy atom. The fourth-order valence-corrected chi connectivity index (χ4v) is 4.68. The third-order valence-electron chi connectivity index (χ3n) is 6.59. The number of nitrogens with one attached hydrogen (secondary N) is 1. The molecule has 33 heavy (non-hydrogen) atoms. The third-order valence-corrected chi connectivity index (χ3v) is 6.59. The van der Waals surface area contributed by atoms with Crippen LogP contribution in [0.25, 0.3) is 10.8 Å². The molecule has 2 aromatic rings. The average Bonchev–Trinajstić information content (AvgIpc) is 3.37. The molecule has 3 amide bonds. The number of nitrogens with zero attached hydrogens (tertiary/aromatic N) is 2. The first kappa shape index (κ1) is 23.2. The van der Waals surface area contributed by atoms with Gasteiger partial charge in [0.1, 0.15) is 12.1 Å². The van der Waals surface area contributed by atoms with Gasteiger partial charge in [-0.25, -0.2) is 0 Å². The smallest absolute Gasteiger partial charge is 0.251 e. The maximum Gasteiger partial charge on any atom is 0.251 e. The van der Waals surface area contributed by atoms with Crippen LogP contribution in [0.15, 0.2) is 42.5 Å². The normalized spacial score (nSPS) is 19.7. The van der Waals surface area contributed by atoms with Gasteiger partial charge in [0, 0.05) is 32.8 Å². The van der Waals surface area contributed by atoms with Gasteiger partial charge in [0.25, 0.3) is 5.91 Å². The Hall–Kier alpha value is -2.93. The maximum absolute atomic E-state index is 13.3. The molecular weight excluding hydrogens is 418 g/mol. The van der Waals surface area contributed by atoms with Crippen LogP contribution in [0.4, 0.5) is 0 Å². The monoisotopic (exact) mass is 451 g/mol. The minimum Gasteiger partial charge on any atom is -0.368 e. The van der Waals surface area contributed by atoms with Crippen molar-refractivity contribution in [2.75, 3.05) is 32.8 Å². The van der Waals surface area contributed by atoms with Gasteiger partial charge in [0.05, 0.1) is 6.42 Å². The standard InChI is InChI=1S/C26H33N3O4/c1-18(2)24(27-23(30)17-20-9-5-8-19-7-3-4-10-21(19)20)26(32)29-14-12-28(13-15-29)25(31)22-11-6-16-33-22/h3-5,7-10,18,22,24H,6,11-17H2,1-2H3,(H,27,30)/t22-,24-/m1/s1. The van der Waals surface area contributed by atoms with E-state index >= 15 is 0 Å². The second kappa shape index (κ2) is 10.3. The SMILES string of the molecule is CC(C)[C@@H](NC(=O)Cc1cccc2ccccc12)C(=O)N1CCN(C(=O)[C@H]2CCCO2)CC1. The largest absolute Gasteiger partial charge is 0.368 e. The molecule has 2 aliphatic heterocycles. The summed E-state index contributed by atoms with van der Waals surface area (Å²) in [6, 6.07) is 13.3. The molecule has 0 aliphatic carbocycles. The highest BCUT2D eigenvalue weighted by Crippen LogP contribution is 2.20. The van der Waals surface area contributed by atoms with E-state index in [2.05, 4.69) is 5.32 Å². The summed E-state index contributed by atoms with van der Waals surface area (Å²) in [5.74, 6) is -0.255. The van der Waals surface area contributed by atoms with Crippen molar-refractivity contribution in [3.63, 3.8) is 0 Å². The summed E-state index contributed by atoms with van der Waals surface area (Å²) >= 11 is 0. The number of amides is 3. The van der Waals surface area contributed by atoms with E-state index in [1.165, 1.54) is 0 Å². The Kier molecular flexibility index (Phi) is 7.28. The molecule has 0 saturated carbocycles. The molecule has 0 bridgehead atoms. The number of hydrogen-bond acceptors (Lipinski definition) is 4. The van der Waals surface area contributed by atoms with E-state index in [0.717, 1.165) is 29.2 Å². The third kappa shape index (κ3) is 5.36. The summed E-state index contributed by atoms with van der Waals surface area (Å²) < 4.78 is 5.51. The van der Waals surface area contributed by atoms with E-state index < -0.39 is 6.04 Å². The van der Waals surface area contributed by atoms with Crippen LogP contribution in [0, 0.1) is 5.92 Å². The molecule has 2 aliphatic rings. The number of fused-ring (bicyclic) bond motifs is 1. The second-order valence-electron chi connectivity index (χ2n) is 9.26. The second-order valence-corrected chi connectivity index (χ2v) is 9.26. The van der Waals surface area contributed by atoms with E-state index in [0.29, 0.717) is 32.8 Å². The number of piperazine rings is 1. The molecule has 4 rings (SSSR count). The van der Waals surface area contributed by atoms with Gasteiger partial charge in [-0.2, -0.15) is 0 Å². The molecule has 0 radical (unpaired) electrons. The summed E-state index contributed by atoms with van der Waals surface area (Å²) in [7, 11) is 0. The molecule has 0 spiro atoms. The molecule has 1 N–H and O–H groups in total. The van der Waals surface area contributed by atoms with Gasteiger partial charge in [0.15, 0.2) is 0 Å². The van der Waals surface area contributed by atoms with Crippen LogP contribution in [-0.4, -0.2) is 72.5 Å². The fourth-order valence-electron chi connectivity index (χ4n) is 4.68. The van der Waals surface area contributed by atoms with E-state index in [9.17, 15) is 14.4 Å². The Morgan fingerprint density at radius 2 is 1.70 bits per heavy atom. The predicted octanol–water partition coefficient (Wildman–Crippen LogP) is 2.37. The lowest BCUT2D eigenvalue weighted by atomic mass is 9.99. The lowest BCUT2D eigenvalue weighted by Crippen LogP contribution is -2.58. The van der Waals surface area contributed by atoms with Crippen LogP contribution in [0.3, 0.4) is 0 Å². The van der Waals surface area contributed by atoms with Gasteiger partial charge in [-0.1, -0.05) is 56.3 Å².